The first-order valence-corrected chi connectivity index (χ1v) is 8.56. The number of hydrogen-bond donors (Lipinski definition) is 1. The number of likely N-dealkylation sites (tertiary alicyclic amines) is 1. The van der Waals surface area contributed by atoms with Gasteiger partial charge in [0.1, 0.15) is 5.75 Å². The molecule has 0 saturated carbocycles. The molecule has 0 bridgehead atoms. The molecule has 0 unspecified atom stereocenters. The van der Waals surface area contributed by atoms with Gasteiger partial charge in [-0.05, 0) is 49.5 Å². The van der Waals surface area contributed by atoms with Crippen molar-refractivity contribution in [1.82, 2.24) is 10.2 Å². The van der Waals surface area contributed by atoms with Gasteiger partial charge in [-0.15, -0.1) is 0 Å². The lowest BCUT2D eigenvalue weighted by atomic mass is 10.0. The van der Waals surface area contributed by atoms with Gasteiger partial charge in [0.15, 0.2) is 0 Å². The predicted octanol–water partition coefficient (Wildman–Crippen LogP) is 3.84. The number of ether oxygens (including phenoxy) is 1. The van der Waals surface area contributed by atoms with E-state index in [0.717, 1.165) is 30.7 Å². The lowest BCUT2D eigenvalue weighted by molar-refractivity contribution is -0.148. The topological polar surface area (TPSA) is 24.5 Å². The van der Waals surface area contributed by atoms with Crippen molar-refractivity contribution in [3.05, 3.63) is 29.8 Å². The average Bonchev–Trinajstić information content (AvgIpc) is 2.52. The van der Waals surface area contributed by atoms with E-state index in [-0.39, 0.29) is 6.04 Å². The minimum Gasteiger partial charge on any atom is -0.493 e. The highest BCUT2D eigenvalue weighted by Crippen LogP contribution is 2.20. The molecule has 0 aliphatic carbocycles. The van der Waals surface area contributed by atoms with Crippen molar-refractivity contribution >= 4 is 0 Å². The maximum atomic E-state index is 12.4. The SMILES string of the molecule is CC(C)COc1ccc(CNC2CCN(CC(F)(F)F)CC2)cc1. The summed E-state index contributed by atoms with van der Waals surface area (Å²) in [5, 5.41) is 3.44. The van der Waals surface area contributed by atoms with E-state index in [0.29, 0.717) is 25.6 Å². The molecule has 0 radical (unpaired) electrons. The highest BCUT2D eigenvalue weighted by atomic mass is 19.4. The van der Waals surface area contributed by atoms with E-state index in [4.69, 9.17) is 4.74 Å². The second-order valence-electron chi connectivity index (χ2n) is 6.90. The molecule has 0 spiro atoms. The lowest BCUT2D eigenvalue weighted by Crippen LogP contribution is -2.45. The first-order valence-electron chi connectivity index (χ1n) is 8.56. The molecule has 136 valence electrons. The third-order valence-electron chi connectivity index (χ3n) is 4.09. The van der Waals surface area contributed by atoms with Crippen LogP contribution in [0.3, 0.4) is 0 Å². The van der Waals surface area contributed by atoms with Crippen molar-refractivity contribution in [3.63, 3.8) is 0 Å². The molecule has 0 aromatic heterocycles. The molecule has 1 aromatic carbocycles. The Balaban J connectivity index is 1.69. The number of hydrogen-bond acceptors (Lipinski definition) is 3. The monoisotopic (exact) mass is 344 g/mol. The Labute approximate surface area is 142 Å². The van der Waals surface area contributed by atoms with Gasteiger partial charge in [-0.1, -0.05) is 26.0 Å². The molecule has 6 heteroatoms. The molecule has 1 aliphatic heterocycles. The second-order valence-corrected chi connectivity index (χ2v) is 6.90. The van der Waals surface area contributed by atoms with E-state index in [1.807, 2.05) is 24.3 Å². The molecule has 1 N–H and O–H groups in total. The molecule has 1 aliphatic rings. The molecule has 3 nitrogen and oxygen atoms in total. The average molecular weight is 344 g/mol. The number of halogens is 3. The van der Waals surface area contributed by atoms with Crippen molar-refractivity contribution in [3.8, 4) is 5.75 Å². The Morgan fingerprint density at radius 1 is 1.17 bits per heavy atom. The molecular formula is C18H27F3N2O. The van der Waals surface area contributed by atoms with Crippen LogP contribution in [0, 0.1) is 5.92 Å². The van der Waals surface area contributed by atoms with Gasteiger partial charge in [0.2, 0.25) is 0 Å². The number of alkyl halides is 3. The van der Waals surface area contributed by atoms with Gasteiger partial charge in [0, 0.05) is 12.6 Å². The Morgan fingerprint density at radius 3 is 2.33 bits per heavy atom. The van der Waals surface area contributed by atoms with Gasteiger partial charge in [-0.3, -0.25) is 4.90 Å². The zero-order valence-electron chi connectivity index (χ0n) is 14.4. The van der Waals surface area contributed by atoms with Gasteiger partial charge < -0.3 is 10.1 Å². The van der Waals surface area contributed by atoms with Crippen molar-refractivity contribution in [2.45, 2.75) is 45.5 Å². The summed E-state index contributed by atoms with van der Waals surface area (Å²) in [5.41, 5.74) is 1.16. The number of nitrogens with one attached hydrogen (secondary N) is 1. The molecular weight excluding hydrogens is 317 g/mol. The van der Waals surface area contributed by atoms with Crippen molar-refractivity contribution in [2.75, 3.05) is 26.2 Å². The maximum Gasteiger partial charge on any atom is 0.401 e. The van der Waals surface area contributed by atoms with Crippen LogP contribution >= 0.6 is 0 Å². The van der Waals surface area contributed by atoms with Crippen LogP contribution in [0.1, 0.15) is 32.3 Å². The van der Waals surface area contributed by atoms with Crippen LogP contribution in [0.5, 0.6) is 5.75 Å². The Bertz CT molecular complexity index is 480. The van der Waals surface area contributed by atoms with Crippen molar-refractivity contribution in [2.24, 2.45) is 5.92 Å². The molecule has 0 amide bonds. The molecule has 1 heterocycles. The number of nitrogens with zero attached hydrogens (tertiary/aromatic N) is 1. The number of piperidine rings is 1. The lowest BCUT2D eigenvalue weighted by Gasteiger charge is -2.32. The fourth-order valence-electron chi connectivity index (χ4n) is 2.78. The Kier molecular flexibility index (Phi) is 6.92. The van der Waals surface area contributed by atoms with E-state index in [1.165, 1.54) is 4.90 Å². The smallest absolute Gasteiger partial charge is 0.401 e. The van der Waals surface area contributed by atoms with E-state index in [2.05, 4.69) is 19.2 Å². The van der Waals surface area contributed by atoms with Gasteiger partial charge >= 0.3 is 6.18 Å². The van der Waals surface area contributed by atoms with Crippen LogP contribution in [0.2, 0.25) is 0 Å². The highest BCUT2D eigenvalue weighted by Gasteiger charge is 2.32. The van der Waals surface area contributed by atoms with Gasteiger partial charge in [-0.25, -0.2) is 0 Å². The van der Waals surface area contributed by atoms with E-state index in [1.54, 1.807) is 0 Å². The van der Waals surface area contributed by atoms with Crippen molar-refractivity contribution < 1.29 is 17.9 Å². The molecule has 1 saturated heterocycles. The summed E-state index contributed by atoms with van der Waals surface area (Å²) >= 11 is 0. The van der Waals surface area contributed by atoms with Crippen LogP contribution in [0.4, 0.5) is 13.2 Å². The van der Waals surface area contributed by atoms with Crippen LogP contribution in [-0.4, -0.2) is 43.4 Å². The quantitative estimate of drug-likeness (QED) is 0.813. The van der Waals surface area contributed by atoms with Crippen LogP contribution in [0.25, 0.3) is 0 Å². The highest BCUT2D eigenvalue weighted by molar-refractivity contribution is 5.27. The first kappa shape index (κ1) is 19.1. The van der Waals surface area contributed by atoms with Gasteiger partial charge in [0.05, 0.1) is 13.2 Å². The fraction of sp³-hybridized carbons (Fsp3) is 0.667. The van der Waals surface area contributed by atoms with E-state index < -0.39 is 12.7 Å². The minimum atomic E-state index is -4.10. The fourth-order valence-corrected chi connectivity index (χ4v) is 2.78. The number of benzene rings is 1. The minimum absolute atomic E-state index is 0.284. The second kappa shape index (κ2) is 8.72. The molecule has 1 aromatic rings. The molecule has 2 rings (SSSR count). The Hall–Kier alpha value is -1.27. The first-order chi connectivity index (χ1) is 11.3. The summed E-state index contributed by atoms with van der Waals surface area (Å²) in [6.07, 6.45) is -2.59. The summed E-state index contributed by atoms with van der Waals surface area (Å²) in [4.78, 5) is 1.49. The molecule has 1 fully saturated rings. The number of rotatable bonds is 7. The van der Waals surface area contributed by atoms with E-state index >= 15 is 0 Å². The summed E-state index contributed by atoms with van der Waals surface area (Å²) in [7, 11) is 0. The van der Waals surface area contributed by atoms with Crippen molar-refractivity contribution in [1.29, 1.82) is 0 Å². The summed E-state index contributed by atoms with van der Waals surface area (Å²) in [6, 6.07) is 8.27. The largest absolute Gasteiger partial charge is 0.493 e. The zero-order valence-corrected chi connectivity index (χ0v) is 14.4. The van der Waals surface area contributed by atoms with E-state index in [9.17, 15) is 13.2 Å². The van der Waals surface area contributed by atoms with Crippen LogP contribution < -0.4 is 10.1 Å². The third-order valence-corrected chi connectivity index (χ3v) is 4.09. The summed E-state index contributed by atoms with van der Waals surface area (Å²) < 4.78 is 42.8. The maximum absolute atomic E-state index is 12.4. The Morgan fingerprint density at radius 2 is 1.79 bits per heavy atom. The molecule has 0 atom stereocenters. The standard InChI is InChI=1S/C18H27F3N2O/c1-14(2)12-24-17-5-3-15(4-6-17)11-22-16-7-9-23(10-8-16)13-18(19,20)21/h3-6,14,16,22H,7-13H2,1-2H3. The third kappa shape index (κ3) is 7.09. The summed E-state index contributed by atoms with van der Waals surface area (Å²) in [5.74, 6) is 1.36. The normalized spacial score (nSPS) is 17.4. The summed E-state index contributed by atoms with van der Waals surface area (Å²) in [6.45, 7) is 5.86. The van der Waals surface area contributed by atoms with Gasteiger partial charge in [-0.2, -0.15) is 13.2 Å². The van der Waals surface area contributed by atoms with Gasteiger partial charge in [0.25, 0.3) is 0 Å². The van der Waals surface area contributed by atoms with Crippen LogP contribution in [0.15, 0.2) is 24.3 Å². The zero-order chi connectivity index (χ0) is 17.6. The van der Waals surface area contributed by atoms with Crippen LogP contribution in [-0.2, 0) is 6.54 Å². The predicted molar refractivity (Wildman–Crippen MR) is 89.1 cm³/mol. The molecule has 24 heavy (non-hydrogen) atoms.